The Bertz CT molecular complexity index is 1460. The minimum atomic E-state index is -0.563. The van der Waals surface area contributed by atoms with Gasteiger partial charge in [-0.3, -0.25) is 34.0 Å². The van der Waals surface area contributed by atoms with Crippen LogP contribution in [0.2, 0.25) is 0 Å². The molecule has 7 N–H and O–H groups in total. The number of nitrogens with two attached hydrogens (primary N) is 1. The van der Waals surface area contributed by atoms with Gasteiger partial charge in [0.2, 0.25) is 0 Å². The summed E-state index contributed by atoms with van der Waals surface area (Å²) in [5.74, 6) is -1.74. The summed E-state index contributed by atoms with van der Waals surface area (Å²) in [5.41, 5.74) is 6.24. The minimum Gasteiger partial charge on any atom is -0.388 e. The molecule has 0 aliphatic heterocycles. The molecule has 39 heavy (non-hydrogen) atoms. The van der Waals surface area contributed by atoms with Crippen molar-refractivity contribution in [3.05, 3.63) is 52.5 Å². The molecule has 17 heteroatoms. The summed E-state index contributed by atoms with van der Waals surface area (Å²) in [6.07, 6.45) is 1.80. The second kappa shape index (κ2) is 12.9. The highest BCUT2D eigenvalue weighted by Crippen LogP contribution is 2.17. The van der Waals surface area contributed by atoms with Crippen LogP contribution in [0.3, 0.4) is 0 Å². The highest BCUT2D eigenvalue weighted by molar-refractivity contribution is 9.12. The molecule has 3 rings (SSSR count). The number of amides is 4. The molecular formula is C22H27BrClN11O4. The van der Waals surface area contributed by atoms with Gasteiger partial charge in [0.1, 0.15) is 17.1 Å². The van der Waals surface area contributed by atoms with Gasteiger partial charge in [-0.2, -0.15) is 10.2 Å². The molecule has 4 amide bonds. The second-order valence-corrected chi connectivity index (χ2v) is 9.06. The van der Waals surface area contributed by atoms with Crippen molar-refractivity contribution in [1.29, 1.82) is 5.41 Å². The summed E-state index contributed by atoms with van der Waals surface area (Å²) in [6, 6.07) is 4.27. The summed E-state index contributed by atoms with van der Waals surface area (Å²) < 4.78 is 4.22. The number of aryl methyl sites for hydroxylation is 3. The van der Waals surface area contributed by atoms with E-state index in [0.29, 0.717) is 11.4 Å². The lowest BCUT2D eigenvalue weighted by Crippen LogP contribution is -2.28. The van der Waals surface area contributed by atoms with Gasteiger partial charge in [0.05, 0.1) is 16.0 Å². The van der Waals surface area contributed by atoms with Gasteiger partial charge >= 0.3 is 0 Å². The van der Waals surface area contributed by atoms with Crippen LogP contribution in [0.25, 0.3) is 0 Å². The van der Waals surface area contributed by atoms with Crippen molar-refractivity contribution < 1.29 is 19.2 Å². The summed E-state index contributed by atoms with van der Waals surface area (Å²) in [5, 5.41) is 25.9. The van der Waals surface area contributed by atoms with E-state index in [4.69, 9.17) is 11.1 Å². The summed E-state index contributed by atoms with van der Waals surface area (Å²) in [4.78, 5) is 49.7. The quantitative estimate of drug-likeness (QED) is 0.111. The number of carbonyl (C=O) groups is 4. The average Bonchev–Trinajstić information content (AvgIpc) is 3.49. The summed E-state index contributed by atoms with van der Waals surface area (Å²) in [7, 11) is 4.72. The number of nitrogens with zero attached hydrogens (tertiary/aromatic N) is 5. The van der Waals surface area contributed by atoms with Crippen LogP contribution in [0.15, 0.2) is 35.5 Å². The van der Waals surface area contributed by atoms with E-state index in [9.17, 15) is 19.2 Å². The zero-order valence-electron chi connectivity index (χ0n) is 21.2. The third-order valence-corrected chi connectivity index (χ3v) is 5.49. The molecule has 0 aromatic carbocycles. The molecule has 0 saturated carbocycles. The molecular weight excluding hydrogens is 598 g/mol. The van der Waals surface area contributed by atoms with Crippen LogP contribution in [0.5, 0.6) is 0 Å². The highest BCUT2D eigenvalue weighted by atomic mass is 79.9. The molecule has 0 unspecified atom stereocenters. The van der Waals surface area contributed by atoms with Gasteiger partial charge in [0.25, 0.3) is 23.6 Å². The fraction of sp³-hybridized carbons (Fsp3) is 0.227. The molecule has 0 bridgehead atoms. The first-order chi connectivity index (χ1) is 17.8. The molecule has 3 aromatic heterocycles. The van der Waals surface area contributed by atoms with Gasteiger partial charge in [-0.25, -0.2) is 0 Å². The van der Waals surface area contributed by atoms with Crippen molar-refractivity contribution in [1.82, 2.24) is 29.4 Å². The van der Waals surface area contributed by atoms with Gasteiger partial charge in [-0.15, -0.1) is 12.4 Å². The number of anilines is 3. The van der Waals surface area contributed by atoms with Gasteiger partial charge in [-0.05, 0) is 22.0 Å². The highest BCUT2D eigenvalue weighted by Gasteiger charge is 2.20. The Morgan fingerprint density at radius 3 is 2.00 bits per heavy atom. The van der Waals surface area contributed by atoms with Crippen LogP contribution >= 0.6 is 28.3 Å². The Morgan fingerprint density at radius 1 is 0.923 bits per heavy atom. The lowest BCUT2D eigenvalue weighted by molar-refractivity contribution is -0.112. The topological polar surface area (TPSA) is 207 Å². The summed E-state index contributed by atoms with van der Waals surface area (Å²) in [6.45, 7) is 3.68. The predicted octanol–water partition coefficient (Wildman–Crippen LogP) is 1.32. The number of nitrogens with one attached hydrogen (secondary N) is 5. The number of halogens is 2. The molecule has 3 aromatic rings. The molecule has 3 heterocycles. The standard InChI is InChI=1S/C22H26BrN11O4.ClH/c1-11(23)19(35)28-17-9-15(34(4)30-17)22(38)29-18-8-14(33(3)31-18)21(37)27-12-7-13(32(2)10-12)20(36)26-6-5-16(24)25;/h7-10H,1,5-6H2,2-4H3,(H3,24,25)(H,26,36)(H,27,37)(H,28,30,35)(H,29,31,38);1H. The Hall–Kier alpha value is -4.44. The van der Waals surface area contributed by atoms with Gasteiger partial charge in [0.15, 0.2) is 11.6 Å². The minimum absolute atomic E-state index is 0. The normalized spacial score (nSPS) is 10.3. The molecule has 0 radical (unpaired) electrons. The number of hydrogen-bond donors (Lipinski definition) is 6. The summed E-state index contributed by atoms with van der Waals surface area (Å²) >= 11 is 2.97. The van der Waals surface area contributed by atoms with Crippen molar-refractivity contribution in [2.45, 2.75) is 6.42 Å². The van der Waals surface area contributed by atoms with Crippen molar-refractivity contribution in [2.75, 3.05) is 22.5 Å². The average molecular weight is 625 g/mol. The third kappa shape index (κ3) is 7.78. The van der Waals surface area contributed by atoms with Crippen LogP contribution in [0.4, 0.5) is 17.3 Å². The zero-order valence-corrected chi connectivity index (χ0v) is 23.6. The van der Waals surface area contributed by atoms with Crippen LogP contribution in [0.1, 0.15) is 37.9 Å². The van der Waals surface area contributed by atoms with Crippen LogP contribution in [-0.2, 0) is 25.9 Å². The maximum Gasteiger partial charge on any atom is 0.275 e. The Kier molecular flexibility index (Phi) is 10.2. The molecule has 0 aliphatic rings. The number of rotatable bonds is 10. The van der Waals surface area contributed by atoms with E-state index < -0.39 is 17.7 Å². The number of hydrogen-bond acceptors (Lipinski definition) is 7. The van der Waals surface area contributed by atoms with Gasteiger partial charge in [-0.1, -0.05) is 6.58 Å². The van der Waals surface area contributed by atoms with E-state index in [1.54, 1.807) is 17.8 Å². The lowest BCUT2D eigenvalue weighted by atomic mass is 10.3. The van der Waals surface area contributed by atoms with Gasteiger partial charge in [0, 0.05) is 52.4 Å². The van der Waals surface area contributed by atoms with Crippen molar-refractivity contribution >= 4 is 75.1 Å². The first-order valence-electron chi connectivity index (χ1n) is 11.0. The largest absolute Gasteiger partial charge is 0.388 e. The third-order valence-electron chi connectivity index (χ3n) is 5.13. The van der Waals surface area contributed by atoms with E-state index in [1.165, 1.54) is 41.7 Å². The van der Waals surface area contributed by atoms with E-state index in [1.807, 2.05) is 0 Å². The molecule has 0 spiro atoms. The molecule has 0 atom stereocenters. The zero-order chi connectivity index (χ0) is 28.1. The van der Waals surface area contributed by atoms with Gasteiger partial charge < -0.3 is 31.6 Å². The van der Waals surface area contributed by atoms with Crippen molar-refractivity contribution in [3.8, 4) is 0 Å². The molecule has 0 saturated heterocycles. The van der Waals surface area contributed by atoms with Crippen molar-refractivity contribution in [3.63, 3.8) is 0 Å². The predicted molar refractivity (Wildman–Crippen MR) is 151 cm³/mol. The number of aromatic nitrogens is 5. The first kappa shape index (κ1) is 30.8. The van der Waals surface area contributed by atoms with Crippen LogP contribution < -0.4 is 27.0 Å². The molecule has 208 valence electrons. The van der Waals surface area contributed by atoms with Crippen LogP contribution in [-0.4, -0.2) is 60.1 Å². The van der Waals surface area contributed by atoms with E-state index >= 15 is 0 Å². The van der Waals surface area contributed by atoms with Crippen LogP contribution in [0, 0.1) is 5.41 Å². The fourth-order valence-electron chi connectivity index (χ4n) is 3.30. The molecule has 0 aliphatic carbocycles. The molecule has 15 nitrogen and oxygen atoms in total. The maximum atomic E-state index is 12.9. The van der Waals surface area contributed by atoms with E-state index in [-0.39, 0.29) is 64.6 Å². The maximum absolute atomic E-state index is 12.9. The van der Waals surface area contributed by atoms with E-state index in [2.05, 4.69) is 54.0 Å². The number of carbonyl (C=O) groups excluding carboxylic acids is 4. The molecule has 0 fully saturated rings. The SMILES string of the molecule is C=C(Br)C(=O)Nc1cc(C(=O)Nc2cc(C(=O)Nc3cc(C(=O)NCCC(=N)N)n(C)c3)n(C)n2)n(C)n1.Cl. The monoisotopic (exact) mass is 623 g/mol. The Labute approximate surface area is 237 Å². The second-order valence-electron chi connectivity index (χ2n) is 8.10. The Morgan fingerprint density at radius 2 is 1.46 bits per heavy atom. The fourth-order valence-corrected chi connectivity index (χ4v) is 3.40. The Balaban J connectivity index is 0.00000533. The number of amidine groups is 1. The first-order valence-corrected chi connectivity index (χ1v) is 11.8. The lowest BCUT2D eigenvalue weighted by Gasteiger charge is -2.04. The van der Waals surface area contributed by atoms with Crippen molar-refractivity contribution in [2.24, 2.45) is 26.9 Å². The smallest absolute Gasteiger partial charge is 0.275 e. The van der Waals surface area contributed by atoms with E-state index in [0.717, 1.165) is 0 Å².